The van der Waals surface area contributed by atoms with E-state index in [0.717, 1.165) is 18.9 Å². The molecule has 0 heterocycles. The van der Waals surface area contributed by atoms with Crippen LogP contribution in [-0.2, 0) is 4.74 Å². The molecule has 1 atom stereocenters. The predicted octanol–water partition coefficient (Wildman–Crippen LogP) is 3.71. The van der Waals surface area contributed by atoms with Crippen molar-refractivity contribution in [2.75, 3.05) is 13.7 Å². The molecule has 2 rings (SSSR count). The van der Waals surface area contributed by atoms with Gasteiger partial charge in [0.15, 0.2) is 0 Å². The van der Waals surface area contributed by atoms with Gasteiger partial charge < -0.3 is 10.1 Å². The van der Waals surface area contributed by atoms with Gasteiger partial charge in [-0.3, -0.25) is 0 Å². The molecule has 0 spiro atoms. The Balaban J connectivity index is 1.73. The quantitative estimate of drug-likeness (QED) is 0.864. The molecule has 0 saturated heterocycles. The molecule has 18 heavy (non-hydrogen) atoms. The van der Waals surface area contributed by atoms with Gasteiger partial charge in [0.05, 0.1) is 0 Å². The lowest BCUT2D eigenvalue weighted by Crippen LogP contribution is -2.44. The highest BCUT2D eigenvalue weighted by atomic mass is 79.9. The molecule has 0 amide bonds. The normalized spacial score (nSPS) is 24.6. The maximum Gasteiger partial charge on any atom is 0.0476 e. The van der Waals surface area contributed by atoms with Crippen LogP contribution in [0.3, 0.4) is 0 Å². The van der Waals surface area contributed by atoms with Gasteiger partial charge in [-0.25, -0.2) is 0 Å². The highest BCUT2D eigenvalue weighted by Gasteiger charge is 2.30. The third kappa shape index (κ3) is 3.81. The zero-order chi connectivity index (χ0) is 13.0. The molecule has 0 bridgehead atoms. The molecule has 1 aromatic carbocycles. The molecular weight excluding hydrogens is 290 g/mol. The highest BCUT2D eigenvalue weighted by molar-refractivity contribution is 9.10. The fourth-order valence-electron chi connectivity index (χ4n) is 2.57. The summed E-state index contributed by atoms with van der Waals surface area (Å²) < 4.78 is 6.29. The summed E-state index contributed by atoms with van der Waals surface area (Å²) in [6, 6.07) is 9.93. The molecule has 2 nitrogen and oxygen atoms in total. The summed E-state index contributed by atoms with van der Waals surface area (Å²) in [5.74, 6) is 0.731. The summed E-state index contributed by atoms with van der Waals surface area (Å²) in [6.07, 6.45) is 3.61. The first-order valence-corrected chi connectivity index (χ1v) is 7.48. The molecule has 3 heteroatoms. The van der Waals surface area contributed by atoms with Gasteiger partial charge in [0.1, 0.15) is 0 Å². The Morgan fingerprint density at radius 1 is 1.44 bits per heavy atom. The van der Waals surface area contributed by atoms with Crippen LogP contribution in [-0.4, -0.2) is 25.8 Å². The molecule has 1 fully saturated rings. The molecule has 1 aromatic rings. The number of ether oxygens (including phenoxy) is 1. The zero-order valence-electron chi connectivity index (χ0n) is 11.2. The van der Waals surface area contributed by atoms with E-state index in [0.29, 0.717) is 12.1 Å². The summed E-state index contributed by atoms with van der Waals surface area (Å²) in [5.41, 5.74) is 1.46. The number of halogens is 1. The van der Waals surface area contributed by atoms with Crippen molar-refractivity contribution in [1.82, 2.24) is 5.32 Å². The van der Waals surface area contributed by atoms with Gasteiger partial charge in [-0.1, -0.05) is 28.1 Å². The maximum absolute atomic E-state index is 5.10. The lowest BCUT2D eigenvalue weighted by Gasteiger charge is -2.38. The van der Waals surface area contributed by atoms with Gasteiger partial charge in [-0.05, 0) is 49.8 Å². The lowest BCUT2D eigenvalue weighted by molar-refractivity contribution is 0.175. The van der Waals surface area contributed by atoms with Crippen molar-refractivity contribution < 1.29 is 4.74 Å². The topological polar surface area (TPSA) is 21.3 Å². The standard InChI is InChI=1S/C15H22BrNO/c1-11(6-7-18-2)17-15-9-13(10-15)12-4-3-5-14(16)8-12/h3-5,8,11,13,15,17H,6-7,9-10H2,1-2H3. The monoisotopic (exact) mass is 311 g/mol. The Bertz CT molecular complexity index is 377. The average molecular weight is 312 g/mol. The molecule has 0 aromatic heterocycles. The fraction of sp³-hybridized carbons (Fsp3) is 0.600. The smallest absolute Gasteiger partial charge is 0.0476 e. The Labute approximate surface area is 118 Å². The Kier molecular flexibility index (Phi) is 5.22. The SMILES string of the molecule is COCCC(C)NC1CC(c2cccc(Br)c2)C1. The van der Waals surface area contributed by atoms with E-state index < -0.39 is 0 Å². The average Bonchev–Trinajstić information content (AvgIpc) is 2.30. The third-order valence-electron chi connectivity index (χ3n) is 3.73. The fourth-order valence-corrected chi connectivity index (χ4v) is 2.98. The molecule has 1 aliphatic rings. The third-order valence-corrected chi connectivity index (χ3v) is 4.23. The summed E-state index contributed by atoms with van der Waals surface area (Å²) in [6.45, 7) is 3.08. The van der Waals surface area contributed by atoms with Crippen molar-refractivity contribution in [1.29, 1.82) is 0 Å². The maximum atomic E-state index is 5.10. The molecule has 1 unspecified atom stereocenters. The van der Waals surface area contributed by atoms with E-state index in [1.807, 2.05) is 0 Å². The molecule has 100 valence electrons. The van der Waals surface area contributed by atoms with E-state index >= 15 is 0 Å². The summed E-state index contributed by atoms with van der Waals surface area (Å²) in [5, 5.41) is 3.67. The molecule has 1 aliphatic carbocycles. The van der Waals surface area contributed by atoms with Crippen LogP contribution in [0.2, 0.25) is 0 Å². The van der Waals surface area contributed by atoms with Gasteiger partial charge in [-0.15, -0.1) is 0 Å². The van der Waals surface area contributed by atoms with Gasteiger partial charge in [0.25, 0.3) is 0 Å². The second-order valence-corrected chi connectivity index (χ2v) is 6.19. The highest BCUT2D eigenvalue weighted by Crippen LogP contribution is 2.37. The summed E-state index contributed by atoms with van der Waals surface area (Å²) in [4.78, 5) is 0. The molecule has 1 N–H and O–H groups in total. The van der Waals surface area contributed by atoms with Gasteiger partial charge in [0.2, 0.25) is 0 Å². The van der Waals surface area contributed by atoms with Crippen molar-refractivity contribution >= 4 is 15.9 Å². The Hall–Kier alpha value is -0.380. The number of nitrogens with one attached hydrogen (secondary N) is 1. The Morgan fingerprint density at radius 3 is 2.89 bits per heavy atom. The summed E-state index contributed by atoms with van der Waals surface area (Å²) >= 11 is 3.54. The van der Waals surface area contributed by atoms with Crippen molar-refractivity contribution in [2.24, 2.45) is 0 Å². The minimum Gasteiger partial charge on any atom is -0.385 e. The van der Waals surface area contributed by atoms with E-state index in [4.69, 9.17) is 4.74 Å². The number of hydrogen-bond donors (Lipinski definition) is 1. The number of methoxy groups -OCH3 is 1. The van der Waals surface area contributed by atoms with Crippen LogP contribution in [0.15, 0.2) is 28.7 Å². The second-order valence-electron chi connectivity index (χ2n) is 5.27. The first-order chi connectivity index (χ1) is 8.69. The number of benzene rings is 1. The summed E-state index contributed by atoms with van der Waals surface area (Å²) in [7, 11) is 1.76. The van der Waals surface area contributed by atoms with Crippen LogP contribution in [0, 0.1) is 0 Å². The molecule has 0 radical (unpaired) electrons. The van der Waals surface area contributed by atoms with Crippen molar-refractivity contribution in [2.45, 2.75) is 44.2 Å². The Morgan fingerprint density at radius 2 is 2.22 bits per heavy atom. The van der Waals surface area contributed by atoms with Gasteiger partial charge >= 0.3 is 0 Å². The van der Waals surface area contributed by atoms with Crippen LogP contribution >= 0.6 is 15.9 Å². The van der Waals surface area contributed by atoms with Crippen molar-refractivity contribution in [3.05, 3.63) is 34.3 Å². The van der Waals surface area contributed by atoms with Crippen LogP contribution in [0.5, 0.6) is 0 Å². The largest absolute Gasteiger partial charge is 0.385 e. The van der Waals surface area contributed by atoms with Crippen LogP contribution in [0.4, 0.5) is 0 Å². The van der Waals surface area contributed by atoms with Gasteiger partial charge in [-0.2, -0.15) is 0 Å². The zero-order valence-corrected chi connectivity index (χ0v) is 12.7. The van der Waals surface area contributed by atoms with E-state index in [1.54, 1.807) is 7.11 Å². The van der Waals surface area contributed by atoms with Crippen LogP contribution in [0.25, 0.3) is 0 Å². The van der Waals surface area contributed by atoms with E-state index in [1.165, 1.54) is 22.9 Å². The minimum absolute atomic E-state index is 0.554. The minimum atomic E-state index is 0.554. The predicted molar refractivity (Wildman–Crippen MR) is 79.0 cm³/mol. The lowest BCUT2D eigenvalue weighted by atomic mass is 9.75. The van der Waals surface area contributed by atoms with E-state index in [2.05, 4.69) is 52.4 Å². The molecule has 0 aliphatic heterocycles. The first kappa shape index (κ1) is 14.0. The van der Waals surface area contributed by atoms with Gasteiger partial charge in [0, 0.05) is 30.3 Å². The number of rotatable bonds is 6. The van der Waals surface area contributed by atoms with E-state index in [-0.39, 0.29) is 0 Å². The van der Waals surface area contributed by atoms with Crippen molar-refractivity contribution in [3.63, 3.8) is 0 Å². The number of hydrogen-bond acceptors (Lipinski definition) is 2. The molecular formula is C15H22BrNO. The van der Waals surface area contributed by atoms with Crippen LogP contribution in [0.1, 0.15) is 37.7 Å². The first-order valence-electron chi connectivity index (χ1n) is 6.69. The molecule has 1 saturated carbocycles. The van der Waals surface area contributed by atoms with Crippen LogP contribution < -0.4 is 5.32 Å². The van der Waals surface area contributed by atoms with E-state index in [9.17, 15) is 0 Å². The second kappa shape index (κ2) is 6.69. The van der Waals surface area contributed by atoms with Crippen molar-refractivity contribution in [3.8, 4) is 0 Å².